The Hall–Kier alpha value is 0.140. The van der Waals surface area contributed by atoms with Crippen LogP contribution in [0.15, 0.2) is 0 Å². The fourth-order valence-electron chi connectivity index (χ4n) is 1.36. The molecule has 0 spiro atoms. The largest absolute Gasteiger partial charge is 0.373 e. The van der Waals surface area contributed by atoms with Gasteiger partial charge in [-0.05, 0) is 13.0 Å². The topological polar surface area (TPSA) is 12.5 Å². The zero-order valence-corrected chi connectivity index (χ0v) is 7.89. The van der Waals surface area contributed by atoms with E-state index in [2.05, 4.69) is 4.90 Å². The molecule has 0 aromatic heterocycles. The van der Waals surface area contributed by atoms with Gasteiger partial charge in [-0.15, -0.1) is 11.6 Å². The molecule has 0 aromatic carbocycles. The summed E-state index contributed by atoms with van der Waals surface area (Å²) in [5.41, 5.74) is 0. The van der Waals surface area contributed by atoms with E-state index in [4.69, 9.17) is 16.3 Å². The van der Waals surface area contributed by atoms with E-state index in [9.17, 15) is 4.39 Å². The van der Waals surface area contributed by atoms with E-state index in [0.717, 1.165) is 19.5 Å². The monoisotopic (exact) mass is 195 g/mol. The summed E-state index contributed by atoms with van der Waals surface area (Å²) in [7, 11) is 0. The van der Waals surface area contributed by atoms with E-state index in [0.29, 0.717) is 19.0 Å². The molecule has 72 valence electrons. The first-order valence-electron chi connectivity index (χ1n) is 4.32. The van der Waals surface area contributed by atoms with Crippen molar-refractivity contribution in [2.24, 2.45) is 0 Å². The average Bonchev–Trinajstić information content (AvgIpc) is 2.15. The lowest BCUT2D eigenvalue weighted by Crippen LogP contribution is -2.43. The molecule has 1 saturated heterocycles. The van der Waals surface area contributed by atoms with Crippen LogP contribution in [0.25, 0.3) is 0 Å². The van der Waals surface area contributed by atoms with E-state index < -0.39 is 0 Å². The number of nitrogens with zero attached hydrogens (tertiary/aromatic N) is 1. The summed E-state index contributed by atoms with van der Waals surface area (Å²) in [4.78, 5) is 2.20. The lowest BCUT2D eigenvalue weighted by atomic mass is 10.3. The number of ether oxygens (including phenoxy) is 1. The Kier molecular flexibility index (Phi) is 4.88. The lowest BCUT2D eigenvalue weighted by molar-refractivity contribution is -0.0383. The molecular formula is C8H15ClFNO. The van der Waals surface area contributed by atoms with Gasteiger partial charge in [0.25, 0.3) is 0 Å². The Bertz CT molecular complexity index is 126. The molecule has 1 aliphatic rings. The Morgan fingerprint density at radius 2 is 2.42 bits per heavy atom. The summed E-state index contributed by atoms with van der Waals surface area (Å²) in [5.74, 6) is 0.678. The van der Waals surface area contributed by atoms with Crippen molar-refractivity contribution in [1.29, 1.82) is 0 Å². The number of rotatable bonds is 4. The molecule has 2 nitrogen and oxygen atoms in total. The molecule has 1 atom stereocenters. The van der Waals surface area contributed by atoms with Crippen molar-refractivity contribution >= 4 is 11.6 Å². The van der Waals surface area contributed by atoms with E-state index in [-0.39, 0.29) is 12.8 Å². The Balaban J connectivity index is 2.16. The van der Waals surface area contributed by atoms with Crippen LogP contribution in [0, 0.1) is 0 Å². The highest BCUT2D eigenvalue weighted by Crippen LogP contribution is 2.06. The first kappa shape index (κ1) is 10.2. The van der Waals surface area contributed by atoms with Crippen LogP contribution in [0.2, 0.25) is 0 Å². The van der Waals surface area contributed by atoms with E-state index in [1.807, 2.05) is 0 Å². The Labute approximate surface area is 77.6 Å². The minimum atomic E-state index is -0.378. The van der Waals surface area contributed by atoms with Gasteiger partial charge < -0.3 is 4.74 Å². The zero-order chi connectivity index (χ0) is 8.81. The average molecular weight is 196 g/mol. The number of alkyl halides is 2. The quantitative estimate of drug-likeness (QED) is 0.627. The maximum atomic E-state index is 12.2. The second-order valence-electron chi connectivity index (χ2n) is 2.99. The van der Waals surface area contributed by atoms with Crippen LogP contribution in [0.3, 0.4) is 0 Å². The first-order chi connectivity index (χ1) is 5.86. The van der Waals surface area contributed by atoms with Gasteiger partial charge in [0.2, 0.25) is 0 Å². The highest BCUT2D eigenvalue weighted by Gasteiger charge is 2.19. The second-order valence-corrected chi connectivity index (χ2v) is 3.37. The lowest BCUT2D eigenvalue weighted by Gasteiger charge is -2.31. The maximum Gasteiger partial charge on any atom is 0.117 e. The third kappa shape index (κ3) is 3.25. The summed E-state index contributed by atoms with van der Waals surface area (Å²) in [6.07, 6.45) is 0.759. The Morgan fingerprint density at radius 1 is 1.58 bits per heavy atom. The molecule has 1 heterocycles. The van der Waals surface area contributed by atoms with Crippen molar-refractivity contribution in [2.45, 2.75) is 12.5 Å². The van der Waals surface area contributed by atoms with Gasteiger partial charge in [0.05, 0.1) is 12.7 Å². The summed E-state index contributed by atoms with van der Waals surface area (Å²) < 4.78 is 17.4. The number of hydrogen-bond donors (Lipinski definition) is 0. The highest BCUT2D eigenvalue weighted by atomic mass is 35.5. The molecule has 0 radical (unpaired) electrons. The summed E-state index contributed by atoms with van der Waals surface area (Å²) in [5, 5.41) is 0. The SMILES string of the molecule is FC[C@@H]1CN(CCCCl)CCO1. The van der Waals surface area contributed by atoms with Gasteiger partial charge in [-0.2, -0.15) is 0 Å². The molecule has 0 bridgehead atoms. The van der Waals surface area contributed by atoms with Gasteiger partial charge in [0.15, 0.2) is 0 Å². The third-order valence-electron chi connectivity index (χ3n) is 2.00. The van der Waals surface area contributed by atoms with Crippen LogP contribution in [0.1, 0.15) is 6.42 Å². The normalized spacial score (nSPS) is 26.0. The fourth-order valence-corrected chi connectivity index (χ4v) is 1.48. The molecule has 0 unspecified atom stereocenters. The van der Waals surface area contributed by atoms with Gasteiger partial charge in [0, 0.05) is 19.0 Å². The zero-order valence-electron chi connectivity index (χ0n) is 7.14. The minimum Gasteiger partial charge on any atom is -0.373 e. The smallest absolute Gasteiger partial charge is 0.117 e. The molecule has 0 aliphatic carbocycles. The minimum absolute atomic E-state index is 0.214. The van der Waals surface area contributed by atoms with Crippen molar-refractivity contribution in [3.05, 3.63) is 0 Å². The van der Waals surface area contributed by atoms with Gasteiger partial charge in [0.1, 0.15) is 6.67 Å². The van der Waals surface area contributed by atoms with Crippen LogP contribution >= 0.6 is 11.6 Å². The summed E-state index contributed by atoms with van der Waals surface area (Å²) >= 11 is 5.56. The molecule has 0 aromatic rings. The van der Waals surface area contributed by atoms with Crippen LogP contribution < -0.4 is 0 Å². The van der Waals surface area contributed by atoms with Crippen molar-refractivity contribution in [1.82, 2.24) is 4.90 Å². The van der Waals surface area contributed by atoms with Gasteiger partial charge in [-0.1, -0.05) is 0 Å². The molecular weight excluding hydrogens is 181 g/mol. The fraction of sp³-hybridized carbons (Fsp3) is 1.00. The highest BCUT2D eigenvalue weighted by molar-refractivity contribution is 6.17. The number of hydrogen-bond acceptors (Lipinski definition) is 2. The predicted molar refractivity (Wildman–Crippen MR) is 47.5 cm³/mol. The van der Waals surface area contributed by atoms with Crippen LogP contribution in [-0.4, -0.2) is 49.8 Å². The van der Waals surface area contributed by atoms with Gasteiger partial charge in [-0.3, -0.25) is 4.90 Å². The Morgan fingerprint density at radius 3 is 3.08 bits per heavy atom. The molecule has 0 N–H and O–H groups in total. The first-order valence-corrected chi connectivity index (χ1v) is 4.86. The van der Waals surface area contributed by atoms with Crippen LogP contribution in [0.4, 0.5) is 4.39 Å². The van der Waals surface area contributed by atoms with Gasteiger partial charge in [-0.25, -0.2) is 4.39 Å². The standard InChI is InChI=1S/C8H15ClFNO/c9-2-1-3-11-4-5-12-8(6-10)7-11/h8H,1-7H2/t8-/m1/s1. The van der Waals surface area contributed by atoms with E-state index in [1.165, 1.54) is 0 Å². The molecule has 4 heteroatoms. The van der Waals surface area contributed by atoms with Crippen molar-refractivity contribution < 1.29 is 9.13 Å². The van der Waals surface area contributed by atoms with Crippen molar-refractivity contribution in [3.63, 3.8) is 0 Å². The van der Waals surface area contributed by atoms with Gasteiger partial charge >= 0.3 is 0 Å². The maximum absolute atomic E-state index is 12.2. The van der Waals surface area contributed by atoms with E-state index >= 15 is 0 Å². The third-order valence-corrected chi connectivity index (χ3v) is 2.27. The molecule has 1 aliphatic heterocycles. The molecule has 0 amide bonds. The number of morpholine rings is 1. The molecule has 12 heavy (non-hydrogen) atoms. The second kappa shape index (κ2) is 5.73. The molecule has 1 rings (SSSR count). The van der Waals surface area contributed by atoms with Crippen LogP contribution in [0.5, 0.6) is 0 Å². The summed E-state index contributed by atoms with van der Waals surface area (Å²) in [6, 6.07) is 0. The number of halogens is 2. The van der Waals surface area contributed by atoms with Crippen LogP contribution in [-0.2, 0) is 4.74 Å². The molecule has 1 fully saturated rings. The molecule has 0 saturated carbocycles. The van der Waals surface area contributed by atoms with E-state index in [1.54, 1.807) is 0 Å². The van der Waals surface area contributed by atoms with Crippen molar-refractivity contribution in [3.8, 4) is 0 Å². The summed E-state index contributed by atoms with van der Waals surface area (Å²) in [6.45, 7) is 2.86. The predicted octanol–water partition coefficient (Wildman–Crippen LogP) is 1.29. The van der Waals surface area contributed by atoms with Crippen molar-refractivity contribution in [2.75, 3.05) is 38.8 Å².